The van der Waals surface area contributed by atoms with Gasteiger partial charge in [-0.1, -0.05) is 29.8 Å². The van der Waals surface area contributed by atoms with Crippen molar-refractivity contribution in [1.82, 2.24) is 0 Å². The molecule has 0 aromatic heterocycles. The van der Waals surface area contributed by atoms with Crippen LogP contribution >= 0.6 is 15.9 Å². The Morgan fingerprint density at radius 1 is 1.27 bits per heavy atom. The van der Waals surface area contributed by atoms with E-state index in [2.05, 4.69) is 29.8 Å². The molecule has 1 aliphatic rings. The minimum absolute atomic E-state index is 0.193. The van der Waals surface area contributed by atoms with E-state index in [9.17, 15) is 0 Å². The van der Waals surface area contributed by atoms with Crippen molar-refractivity contribution < 1.29 is 14.2 Å². The second-order valence-corrected chi connectivity index (χ2v) is 5.52. The predicted octanol–water partition coefficient (Wildman–Crippen LogP) is 2.23. The highest BCUT2D eigenvalue weighted by Gasteiger charge is 2.41. The van der Waals surface area contributed by atoms with Crippen LogP contribution in [0.3, 0.4) is 0 Å². The van der Waals surface area contributed by atoms with Crippen molar-refractivity contribution >= 4 is 15.9 Å². The number of hydrogen-bond donors (Lipinski definition) is 0. The Kier molecular flexibility index (Phi) is 6.12. The van der Waals surface area contributed by atoms with Crippen molar-refractivity contribution in [1.29, 1.82) is 0 Å². The molecular formula is C11H21BrO3. The maximum absolute atomic E-state index is 5.76. The molecule has 0 N–H and O–H groups in total. The molecule has 0 saturated heterocycles. The van der Waals surface area contributed by atoms with Gasteiger partial charge in [0.05, 0.1) is 25.4 Å². The van der Waals surface area contributed by atoms with Crippen molar-refractivity contribution in [3.63, 3.8) is 0 Å². The van der Waals surface area contributed by atoms with Crippen LogP contribution in [0, 0.1) is 5.92 Å². The fourth-order valence-electron chi connectivity index (χ4n) is 1.49. The van der Waals surface area contributed by atoms with E-state index in [-0.39, 0.29) is 12.2 Å². The van der Waals surface area contributed by atoms with E-state index in [1.54, 1.807) is 7.11 Å². The summed E-state index contributed by atoms with van der Waals surface area (Å²) in [4.78, 5) is 0.437. The topological polar surface area (TPSA) is 27.7 Å². The number of rotatable bonds is 7. The lowest BCUT2D eigenvalue weighted by Gasteiger charge is -2.41. The Morgan fingerprint density at radius 2 is 2.00 bits per heavy atom. The maximum Gasteiger partial charge on any atom is 0.0963 e. The highest BCUT2D eigenvalue weighted by molar-refractivity contribution is 9.09. The summed E-state index contributed by atoms with van der Waals surface area (Å²) in [6.45, 7) is 6.42. The van der Waals surface area contributed by atoms with Gasteiger partial charge in [0.2, 0.25) is 0 Å². The molecule has 0 radical (unpaired) electrons. The van der Waals surface area contributed by atoms with E-state index in [0.29, 0.717) is 24.0 Å². The van der Waals surface area contributed by atoms with Crippen LogP contribution in [0.4, 0.5) is 0 Å². The van der Waals surface area contributed by atoms with Crippen LogP contribution < -0.4 is 0 Å². The molecule has 90 valence electrons. The number of ether oxygens (including phenoxy) is 3. The maximum atomic E-state index is 5.76. The van der Waals surface area contributed by atoms with Crippen molar-refractivity contribution in [2.45, 2.75) is 37.3 Å². The zero-order valence-corrected chi connectivity index (χ0v) is 11.3. The number of hydrogen-bond acceptors (Lipinski definition) is 3. The van der Waals surface area contributed by atoms with Gasteiger partial charge in [-0.3, -0.25) is 0 Å². The highest BCUT2D eigenvalue weighted by atomic mass is 79.9. The van der Waals surface area contributed by atoms with Crippen LogP contribution in [0.5, 0.6) is 0 Å². The summed E-state index contributed by atoms with van der Waals surface area (Å²) in [6, 6.07) is 0. The normalized spacial score (nSPS) is 30.6. The summed E-state index contributed by atoms with van der Waals surface area (Å²) in [6.07, 6.45) is 1.50. The summed E-state index contributed by atoms with van der Waals surface area (Å²) in [5.41, 5.74) is 0. The zero-order valence-electron chi connectivity index (χ0n) is 9.74. The standard InChI is InChI=1S/C11H21BrO3/c1-8(2)7-15-10-6-9(12)11(10)14-5-4-13-3/h8-11H,4-7H2,1-3H3. The molecule has 1 rings (SSSR count). The van der Waals surface area contributed by atoms with E-state index < -0.39 is 0 Å². The SMILES string of the molecule is COCCOC1C(Br)CC1OCC(C)C. The Labute approximate surface area is 101 Å². The lowest BCUT2D eigenvalue weighted by Crippen LogP contribution is -2.51. The fraction of sp³-hybridized carbons (Fsp3) is 1.00. The molecule has 0 aromatic rings. The molecule has 3 unspecified atom stereocenters. The Hall–Kier alpha value is 0.360. The lowest BCUT2D eigenvalue weighted by molar-refractivity contribution is -0.131. The zero-order chi connectivity index (χ0) is 11.3. The van der Waals surface area contributed by atoms with Crippen molar-refractivity contribution in [2.75, 3.05) is 26.9 Å². The van der Waals surface area contributed by atoms with Crippen molar-refractivity contribution in [3.8, 4) is 0 Å². The monoisotopic (exact) mass is 280 g/mol. The molecule has 1 fully saturated rings. The van der Waals surface area contributed by atoms with Crippen molar-refractivity contribution in [3.05, 3.63) is 0 Å². The van der Waals surface area contributed by atoms with Gasteiger partial charge in [-0.05, 0) is 12.3 Å². The Morgan fingerprint density at radius 3 is 2.53 bits per heavy atom. The first-order valence-electron chi connectivity index (χ1n) is 5.51. The molecular weight excluding hydrogens is 260 g/mol. The fourth-order valence-corrected chi connectivity index (χ4v) is 2.35. The Balaban J connectivity index is 2.16. The molecule has 0 amide bonds. The first-order valence-corrected chi connectivity index (χ1v) is 6.43. The molecule has 0 bridgehead atoms. The first-order chi connectivity index (χ1) is 7.15. The highest BCUT2D eigenvalue weighted by Crippen LogP contribution is 2.33. The van der Waals surface area contributed by atoms with Crippen LogP contribution in [-0.4, -0.2) is 44.0 Å². The van der Waals surface area contributed by atoms with Gasteiger partial charge in [-0.15, -0.1) is 0 Å². The third-order valence-corrected chi connectivity index (χ3v) is 3.32. The average Bonchev–Trinajstić information content (AvgIpc) is 2.18. The van der Waals surface area contributed by atoms with Gasteiger partial charge in [0.25, 0.3) is 0 Å². The smallest absolute Gasteiger partial charge is 0.0963 e. The summed E-state index contributed by atoms with van der Waals surface area (Å²) >= 11 is 3.58. The van der Waals surface area contributed by atoms with Gasteiger partial charge in [0.15, 0.2) is 0 Å². The molecule has 0 heterocycles. The van der Waals surface area contributed by atoms with Crippen molar-refractivity contribution in [2.24, 2.45) is 5.92 Å². The first kappa shape index (κ1) is 13.4. The van der Waals surface area contributed by atoms with Crippen LogP contribution in [-0.2, 0) is 14.2 Å². The molecule has 3 nitrogen and oxygen atoms in total. The summed E-state index contributed by atoms with van der Waals surface area (Å²) in [5.74, 6) is 0.582. The molecule has 0 aromatic carbocycles. The minimum atomic E-state index is 0.193. The minimum Gasteiger partial charge on any atom is -0.382 e. The predicted molar refractivity (Wildman–Crippen MR) is 63.5 cm³/mol. The number of halogens is 1. The van der Waals surface area contributed by atoms with E-state index in [1.807, 2.05) is 0 Å². The molecule has 1 aliphatic carbocycles. The average molecular weight is 281 g/mol. The third-order valence-electron chi connectivity index (χ3n) is 2.42. The second-order valence-electron chi connectivity index (χ2n) is 4.35. The molecule has 1 saturated carbocycles. The van der Waals surface area contributed by atoms with Gasteiger partial charge >= 0.3 is 0 Å². The number of methoxy groups -OCH3 is 1. The molecule has 4 heteroatoms. The largest absolute Gasteiger partial charge is 0.382 e. The van der Waals surface area contributed by atoms with E-state index in [0.717, 1.165) is 13.0 Å². The van der Waals surface area contributed by atoms with Gasteiger partial charge < -0.3 is 14.2 Å². The van der Waals surface area contributed by atoms with Crippen LogP contribution in [0.1, 0.15) is 20.3 Å². The van der Waals surface area contributed by atoms with Crippen LogP contribution in [0.25, 0.3) is 0 Å². The van der Waals surface area contributed by atoms with Crippen LogP contribution in [0.15, 0.2) is 0 Å². The van der Waals surface area contributed by atoms with E-state index in [1.165, 1.54) is 0 Å². The van der Waals surface area contributed by atoms with Crippen LogP contribution in [0.2, 0.25) is 0 Å². The summed E-state index contributed by atoms with van der Waals surface area (Å²) in [5, 5.41) is 0. The third kappa shape index (κ3) is 4.39. The van der Waals surface area contributed by atoms with Gasteiger partial charge in [0.1, 0.15) is 0 Å². The Bertz CT molecular complexity index is 175. The molecule has 0 aliphatic heterocycles. The summed E-state index contributed by atoms with van der Waals surface area (Å²) in [7, 11) is 1.68. The molecule has 15 heavy (non-hydrogen) atoms. The van der Waals surface area contributed by atoms with Gasteiger partial charge in [-0.25, -0.2) is 0 Å². The number of alkyl halides is 1. The quantitative estimate of drug-likeness (QED) is 0.529. The van der Waals surface area contributed by atoms with E-state index in [4.69, 9.17) is 14.2 Å². The van der Waals surface area contributed by atoms with Gasteiger partial charge in [0, 0.05) is 18.5 Å². The molecule has 0 spiro atoms. The summed E-state index contributed by atoms with van der Waals surface area (Å²) < 4.78 is 16.4. The van der Waals surface area contributed by atoms with Gasteiger partial charge in [-0.2, -0.15) is 0 Å². The lowest BCUT2D eigenvalue weighted by atomic mass is 9.91. The van der Waals surface area contributed by atoms with E-state index >= 15 is 0 Å². The molecule has 3 atom stereocenters. The second kappa shape index (κ2) is 6.84.